The lowest BCUT2D eigenvalue weighted by Crippen LogP contribution is -2.33. The summed E-state index contributed by atoms with van der Waals surface area (Å²) >= 11 is 0. The Hall–Kier alpha value is -1.87. The lowest BCUT2D eigenvalue weighted by atomic mass is 9.63. The first-order valence-corrected chi connectivity index (χ1v) is 12.6. The number of rotatable bonds is 5. The lowest BCUT2D eigenvalue weighted by Gasteiger charge is -2.42. The summed E-state index contributed by atoms with van der Waals surface area (Å²) < 4.78 is 25.1. The van der Waals surface area contributed by atoms with Crippen LogP contribution in [-0.2, 0) is 20.7 Å². The van der Waals surface area contributed by atoms with Gasteiger partial charge >= 0.3 is 0 Å². The van der Waals surface area contributed by atoms with Crippen molar-refractivity contribution in [3.63, 3.8) is 0 Å². The summed E-state index contributed by atoms with van der Waals surface area (Å²) in [4.78, 5) is 0.407. The molecule has 1 atom stereocenters. The van der Waals surface area contributed by atoms with Crippen LogP contribution in [0.3, 0.4) is 0 Å². The molecule has 0 saturated heterocycles. The number of sulfone groups is 1. The van der Waals surface area contributed by atoms with Gasteiger partial charge in [0.15, 0.2) is 9.84 Å². The fourth-order valence-electron chi connectivity index (χ4n) is 4.37. The van der Waals surface area contributed by atoms with Gasteiger partial charge in [-0.25, -0.2) is 8.42 Å². The third kappa shape index (κ3) is 4.27. The summed E-state index contributed by atoms with van der Waals surface area (Å²) in [6.07, 6.45) is 5.18. The van der Waals surface area contributed by atoms with Crippen molar-refractivity contribution in [1.29, 1.82) is 0 Å². The molecule has 2 aromatic carbocycles. The number of fused-ring (bicyclic) bond motifs is 1. The Balaban J connectivity index is 1.93. The highest BCUT2D eigenvalue weighted by molar-refractivity contribution is 7.92. The summed E-state index contributed by atoms with van der Waals surface area (Å²) in [5, 5.41) is -0.358. The highest BCUT2D eigenvalue weighted by Crippen LogP contribution is 2.46. The van der Waals surface area contributed by atoms with Crippen LogP contribution >= 0.6 is 0 Å². The van der Waals surface area contributed by atoms with Crippen molar-refractivity contribution in [3.8, 4) is 0 Å². The van der Waals surface area contributed by atoms with Crippen molar-refractivity contribution in [1.82, 2.24) is 0 Å². The van der Waals surface area contributed by atoms with E-state index in [0.29, 0.717) is 11.3 Å². The molecule has 2 aromatic rings. The standard InChI is InChI=1S/C27H36O2S/c1-8-20(3)30(28,29)23-12-9-21(10-13-23)17-19(2)22-11-14-24-25(18-22)27(6,7)16-15-26(24,4)5/h9-14,17-18,20H,8,15-16H2,1-7H3. The van der Waals surface area contributed by atoms with Crippen molar-refractivity contribution in [2.24, 2.45) is 0 Å². The fraction of sp³-hybridized carbons (Fsp3) is 0.481. The Morgan fingerprint density at radius 1 is 0.967 bits per heavy atom. The van der Waals surface area contributed by atoms with E-state index in [1.807, 2.05) is 19.1 Å². The first-order chi connectivity index (χ1) is 13.9. The quantitative estimate of drug-likeness (QED) is 0.477. The van der Waals surface area contributed by atoms with Crippen LogP contribution in [0.1, 0.15) is 90.0 Å². The first-order valence-electron chi connectivity index (χ1n) is 11.1. The van der Waals surface area contributed by atoms with Crippen LogP contribution in [0.15, 0.2) is 47.4 Å². The summed E-state index contributed by atoms with van der Waals surface area (Å²) in [6.45, 7) is 15.2. The summed E-state index contributed by atoms with van der Waals surface area (Å²) in [7, 11) is -3.24. The SMILES string of the molecule is CCC(C)S(=O)(=O)c1ccc(C=C(C)c2ccc3c(c2)C(C)(C)CCC3(C)C)cc1. The normalized spacial score (nSPS) is 19.2. The monoisotopic (exact) mass is 424 g/mol. The third-order valence-corrected chi connectivity index (χ3v) is 9.33. The molecule has 0 N–H and O–H groups in total. The molecule has 0 aliphatic heterocycles. The minimum absolute atomic E-state index is 0.188. The van der Waals surface area contributed by atoms with Crippen LogP contribution in [0, 0.1) is 0 Å². The van der Waals surface area contributed by atoms with Crippen LogP contribution in [0.25, 0.3) is 11.6 Å². The minimum Gasteiger partial charge on any atom is -0.223 e. The zero-order chi connectivity index (χ0) is 22.3. The molecule has 3 heteroatoms. The van der Waals surface area contributed by atoms with Crippen molar-refractivity contribution in [2.75, 3.05) is 0 Å². The molecule has 0 heterocycles. The predicted octanol–water partition coefficient (Wildman–Crippen LogP) is 7.17. The van der Waals surface area contributed by atoms with Gasteiger partial charge < -0.3 is 0 Å². The zero-order valence-electron chi connectivity index (χ0n) is 19.5. The van der Waals surface area contributed by atoms with E-state index in [2.05, 4.69) is 58.9 Å². The van der Waals surface area contributed by atoms with E-state index in [4.69, 9.17) is 0 Å². The molecule has 0 radical (unpaired) electrons. The number of hydrogen-bond donors (Lipinski definition) is 0. The Bertz CT molecular complexity index is 1050. The molecular weight excluding hydrogens is 388 g/mol. The lowest BCUT2D eigenvalue weighted by molar-refractivity contribution is 0.332. The maximum Gasteiger partial charge on any atom is 0.180 e. The van der Waals surface area contributed by atoms with Crippen molar-refractivity contribution in [2.45, 2.75) is 88.7 Å². The molecule has 0 amide bonds. The van der Waals surface area contributed by atoms with Crippen molar-refractivity contribution in [3.05, 3.63) is 64.7 Å². The van der Waals surface area contributed by atoms with Crippen LogP contribution in [0.2, 0.25) is 0 Å². The number of hydrogen-bond acceptors (Lipinski definition) is 2. The highest BCUT2D eigenvalue weighted by Gasteiger charge is 2.36. The van der Waals surface area contributed by atoms with E-state index in [1.54, 1.807) is 19.1 Å². The van der Waals surface area contributed by atoms with Gasteiger partial charge in [0.05, 0.1) is 10.1 Å². The van der Waals surface area contributed by atoms with Gasteiger partial charge in [-0.05, 0) is 83.9 Å². The molecule has 3 rings (SSSR count). The van der Waals surface area contributed by atoms with Crippen LogP contribution < -0.4 is 0 Å². The van der Waals surface area contributed by atoms with E-state index in [9.17, 15) is 8.42 Å². The Labute approximate surface area is 183 Å². The van der Waals surface area contributed by atoms with Gasteiger partial charge in [0.25, 0.3) is 0 Å². The van der Waals surface area contributed by atoms with Crippen LogP contribution in [0.4, 0.5) is 0 Å². The molecule has 1 unspecified atom stereocenters. The topological polar surface area (TPSA) is 34.1 Å². The van der Waals surface area contributed by atoms with Gasteiger partial charge in [0.1, 0.15) is 0 Å². The minimum atomic E-state index is -3.24. The molecule has 1 aliphatic carbocycles. The van der Waals surface area contributed by atoms with Gasteiger partial charge in [-0.3, -0.25) is 0 Å². The average molecular weight is 425 g/mol. The smallest absolute Gasteiger partial charge is 0.180 e. The number of allylic oxidation sites excluding steroid dienone is 1. The number of benzene rings is 2. The Morgan fingerprint density at radius 3 is 2.10 bits per heavy atom. The largest absolute Gasteiger partial charge is 0.223 e. The van der Waals surface area contributed by atoms with Crippen molar-refractivity contribution >= 4 is 21.5 Å². The summed E-state index contributed by atoms with van der Waals surface area (Å²) in [5.74, 6) is 0. The third-order valence-electron chi connectivity index (χ3n) is 7.00. The van der Waals surface area contributed by atoms with E-state index >= 15 is 0 Å². The van der Waals surface area contributed by atoms with Gasteiger partial charge in [0.2, 0.25) is 0 Å². The van der Waals surface area contributed by atoms with Crippen molar-refractivity contribution < 1.29 is 8.42 Å². The second-order valence-electron chi connectivity index (χ2n) is 10.2. The molecule has 2 nitrogen and oxygen atoms in total. The van der Waals surface area contributed by atoms with Crippen LogP contribution in [-0.4, -0.2) is 13.7 Å². The molecule has 30 heavy (non-hydrogen) atoms. The van der Waals surface area contributed by atoms with E-state index in [1.165, 1.54) is 35.1 Å². The zero-order valence-corrected chi connectivity index (χ0v) is 20.4. The average Bonchev–Trinajstić information content (AvgIpc) is 2.71. The molecule has 162 valence electrons. The van der Waals surface area contributed by atoms with Gasteiger partial charge in [0, 0.05) is 0 Å². The molecule has 0 fully saturated rings. The molecule has 0 aromatic heterocycles. The van der Waals surface area contributed by atoms with E-state index in [0.717, 1.165) is 5.56 Å². The molecule has 0 saturated carbocycles. The van der Waals surface area contributed by atoms with E-state index in [-0.39, 0.29) is 16.1 Å². The first kappa shape index (κ1) is 22.8. The maximum absolute atomic E-state index is 12.6. The second kappa shape index (κ2) is 8.00. The fourth-order valence-corrected chi connectivity index (χ4v) is 5.79. The van der Waals surface area contributed by atoms with E-state index < -0.39 is 9.84 Å². The molecule has 0 bridgehead atoms. The Morgan fingerprint density at radius 2 is 1.53 bits per heavy atom. The Kier molecular flexibility index (Phi) is 6.08. The highest BCUT2D eigenvalue weighted by atomic mass is 32.2. The van der Waals surface area contributed by atoms with Gasteiger partial charge in [-0.2, -0.15) is 0 Å². The van der Waals surface area contributed by atoms with Gasteiger partial charge in [-0.1, -0.05) is 71.0 Å². The molecule has 1 aliphatic rings. The molecule has 0 spiro atoms. The molecular formula is C27H36O2S. The maximum atomic E-state index is 12.6. The van der Waals surface area contributed by atoms with Gasteiger partial charge in [-0.15, -0.1) is 0 Å². The predicted molar refractivity (Wildman–Crippen MR) is 129 cm³/mol. The second-order valence-corrected chi connectivity index (χ2v) is 12.6. The summed E-state index contributed by atoms with van der Waals surface area (Å²) in [6, 6.07) is 14.2. The van der Waals surface area contributed by atoms with Crippen LogP contribution in [0.5, 0.6) is 0 Å². The summed E-state index contributed by atoms with van der Waals surface area (Å²) in [5.41, 5.74) is 6.78.